The largest absolute Gasteiger partial charge is 0.494 e. The number of ether oxygens (including phenoxy) is 1. The van der Waals surface area contributed by atoms with Crippen LogP contribution in [0.5, 0.6) is 11.8 Å². The van der Waals surface area contributed by atoms with Gasteiger partial charge < -0.3 is 15.2 Å². The summed E-state index contributed by atoms with van der Waals surface area (Å²) in [5.74, 6) is -0.249. The minimum absolute atomic E-state index is 0.0604. The maximum absolute atomic E-state index is 13.1. The first-order valence-corrected chi connectivity index (χ1v) is 10.6. The molecule has 7 nitrogen and oxygen atoms in total. The van der Waals surface area contributed by atoms with E-state index in [1.165, 1.54) is 12.1 Å². The summed E-state index contributed by atoms with van der Waals surface area (Å²) in [6.07, 6.45) is -4.69. The lowest BCUT2D eigenvalue weighted by Gasteiger charge is -2.26. The minimum atomic E-state index is -4.69. The summed E-state index contributed by atoms with van der Waals surface area (Å²) in [6, 6.07) is 11.0. The van der Waals surface area contributed by atoms with Crippen LogP contribution in [0.25, 0.3) is 22.8 Å². The second-order valence-corrected chi connectivity index (χ2v) is 8.27. The Hall–Kier alpha value is -3.40. The SMILES string of the molecule is CCOc1ccc(-c2nc(O)nc(-c3cc(CNC(=O)C(C)(C)C(F)(F)F)ccc3Cl)n2)cc1. The quantitative estimate of drug-likeness (QED) is 0.470. The number of amides is 1. The van der Waals surface area contributed by atoms with Crippen molar-refractivity contribution in [1.82, 2.24) is 20.3 Å². The Bertz CT molecular complexity index is 1190. The van der Waals surface area contributed by atoms with Crippen LogP contribution in [0.1, 0.15) is 26.3 Å². The summed E-state index contributed by atoms with van der Waals surface area (Å²) in [7, 11) is 0. The molecule has 1 amide bonds. The van der Waals surface area contributed by atoms with Crippen LogP contribution < -0.4 is 10.1 Å². The number of benzene rings is 2. The average Bonchev–Trinajstić information content (AvgIpc) is 2.77. The van der Waals surface area contributed by atoms with E-state index in [0.717, 1.165) is 13.8 Å². The first-order chi connectivity index (χ1) is 15.9. The van der Waals surface area contributed by atoms with Gasteiger partial charge in [-0.15, -0.1) is 0 Å². The molecular weight excluding hydrogens is 473 g/mol. The Morgan fingerprint density at radius 3 is 2.32 bits per heavy atom. The fourth-order valence-corrected chi connectivity index (χ4v) is 3.07. The smallest absolute Gasteiger partial charge is 0.402 e. The number of halogens is 4. The van der Waals surface area contributed by atoms with Gasteiger partial charge in [-0.2, -0.15) is 23.1 Å². The summed E-state index contributed by atoms with van der Waals surface area (Å²) in [6.45, 7) is 3.83. The standard InChI is InChI=1S/C23H22ClF3N4O3/c1-4-34-15-8-6-14(7-9-15)18-29-19(31-21(33)30-18)16-11-13(5-10-17(16)24)12-28-20(32)22(2,3)23(25,26)27/h5-11H,4,12H2,1-3H3,(H,28,32)(H,29,30,31,33). The number of aromatic hydroxyl groups is 1. The Morgan fingerprint density at radius 2 is 1.71 bits per heavy atom. The number of hydrogen-bond donors (Lipinski definition) is 2. The lowest BCUT2D eigenvalue weighted by atomic mass is 9.91. The zero-order valence-electron chi connectivity index (χ0n) is 18.6. The Morgan fingerprint density at radius 1 is 1.06 bits per heavy atom. The molecule has 34 heavy (non-hydrogen) atoms. The molecule has 0 aliphatic rings. The zero-order valence-corrected chi connectivity index (χ0v) is 19.3. The van der Waals surface area contributed by atoms with Gasteiger partial charge >= 0.3 is 12.2 Å². The predicted molar refractivity (Wildman–Crippen MR) is 120 cm³/mol. The van der Waals surface area contributed by atoms with Gasteiger partial charge in [-0.3, -0.25) is 4.79 Å². The highest BCUT2D eigenvalue weighted by molar-refractivity contribution is 6.33. The number of alkyl halides is 3. The summed E-state index contributed by atoms with van der Waals surface area (Å²) in [5, 5.41) is 12.6. The van der Waals surface area contributed by atoms with Crippen LogP contribution >= 0.6 is 11.6 Å². The van der Waals surface area contributed by atoms with E-state index < -0.39 is 23.5 Å². The molecule has 2 aromatic carbocycles. The van der Waals surface area contributed by atoms with Crippen LogP contribution in [-0.2, 0) is 11.3 Å². The molecule has 0 saturated carbocycles. The molecule has 0 aliphatic carbocycles. The molecule has 11 heteroatoms. The summed E-state index contributed by atoms with van der Waals surface area (Å²) >= 11 is 6.30. The van der Waals surface area contributed by atoms with Gasteiger partial charge in [0, 0.05) is 17.7 Å². The van der Waals surface area contributed by atoms with Crippen molar-refractivity contribution in [1.29, 1.82) is 0 Å². The number of carbonyl (C=O) groups is 1. The highest BCUT2D eigenvalue weighted by Gasteiger charge is 2.52. The summed E-state index contributed by atoms with van der Waals surface area (Å²) in [5.41, 5.74) is -1.17. The zero-order chi connectivity index (χ0) is 25.1. The molecule has 3 rings (SSSR count). The maximum Gasteiger partial charge on any atom is 0.402 e. The molecule has 0 unspecified atom stereocenters. The third-order valence-corrected chi connectivity index (χ3v) is 5.38. The molecule has 2 N–H and O–H groups in total. The Labute approximate surface area is 199 Å². The summed E-state index contributed by atoms with van der Waals surface area (Å²) < 4.78 is 44.7. The van der Waals surface area contributed by atoms with Crippen LogP contribution in [0.2, 0.25) is 5.02 Å². The average molecular weight is 495 g/mol. The lowest BCUT2D eigenvalue weighted by Crippen LogP contribution is -2.46. The van der Waals surface area contributed by atoms with Gasteiger partial charge in [-0.25, -0.2) is 4.98 Å². The Kier molecular flexibility index (Phi) is 7.30. The second kappa shape index (κ2) is 9.84. The monoisotopic (exact) mass is 494 g/mol. The third kappa shape index (κ3) is 5.56. The first kappa shape index (κ1) is 25.2. The van der Waals surface area contributed by atoms with Crippen molar-refractivity contribution in [2.45, 2.75) is 33.5 Å². The lowest BCUT2D eigenvalue weighted by molar-refractivity contribution is -0.211. The first-order valence-electron chi connectivity index (χ1n) is 10.2. The minimum Gasteiger partial charge on any atom is -0.494 e. The van der Waals surface area contributed by atoms with E-state index in [1.54, 1.807) is 30.3 Å². The molecule has 0 atom stereocenters. The van der Waals surface area contributed by atoms with Gasteiger partial charge in [0.05, 0.1) is 11.6 Å². The number of hydrogen-bond acceptors (Lipinski definition) is 6. The summed E-state index contributed by atoms with van der Waals surface area (Å²) in [4.78, 5) is 24.3. The molecule has 0 saturated heterocycles. The van der Waals surface area contributed by atoms with Crippen molar-refractivity contribution < 1.29 is 27.8 Å². The van der Waals surface area contributed by atoms with Crippen LogP contribution in [0.15, 0.2) is 42.5 Å². The van der Waals surface area contributed by atoms with Crippen molar-refractivity contribution >= 4 is 17.5 Å². The van der Waals surface area contributed by atoms with Crippen LogP contribution in [0.3, 0.4) is 0 Å². The van der Waals surface area contributed by atoms with Crippen molar-refractivity contribution in [3.8, 4) is 34.5 Å². The molecule has 0 bridgehead atoms. The number of nitrogens with zero attached hydrogens (tertiary/aromatic N) is 3. The third-order valence-electron chi connectivity index (χ3n) is 5.05. The molecular formula is C23H22ClF3N4O3. The number of carbonyl (C=O) groups excluding carboxylic acids is 1. The number of rotatable bonds is 7. The fraction of sp³-hybridized carbons (Fsp3) is 0.304. The van der Waals surface area contributed by atoms with E-state index in [-0.39, 0.29) is 23.2 Å². The van der Waals surface area contributed by atoms with Gasteiger partial charge in [0.25, 0.3) is 0 Å². The molecule has 0 spiro atoms. The highest BCUT2D eigenvalue weighted by atomic mass is 35.5. The van der Waals surface area contributed by atoms with Crippen molar-refractivity contribution in [2.24, 2.45) is 5.41 Å². The molecule has 0 aliphatic heterocycles. The molecule has 3 aromatic rings. The van der Waals surface area contributed by atoms with Crippen molar-refractivity contribution in [3.63, 3.8) is 0 Å². The van der Waals surface area contributed by atoms with E-state index >= 15 is 0 Å². The fourth-order valence-electron chi connectivity index (χ4n) is 2.87. The van der Waals surface area contributed by atoms with Crippen molar-refractivity contribution in [2.75, 3.05) is 6.61 Å². The molecule has 0 fully saturated rings. The molecule has 180 valence electrons. The number of nitrogens with one attached hydrogen (secondary N) is 1. The van der Waals surface area contributed by atoms with E-state index in [0.29, 0.717) is 29.0 Å². The topological polar surface area (TPSA) is 97.2 Å². The second-order valence-electron chi connectivity index (χ2n) is 7.86. The van der Waals surface area contributed by atoms with Gasteiger partial charge in [0.15, 0.2) is 11.6 Å². The van der Waals surface area contributed by atoms with E-state index in [9.17, 15) is 23.1 Å². The van der Waals surface area contributed by atoms with Crippen LogP contribution in [0, 0.1) is 5.41 Å². The van der Waals surface area contributed by atoms with Crippen molar-refractivity contribution in [3.05, 3.63) is 53.1 Å². The van der Waals surface area contributed by atoms with E-state index in [4.69, 9.17) is 16.3 Å². The maximum atomic E-state index is 13.1. The van der Waals surface area contributed by atoms with Gasteiger partial charge in [0.1, 0.15) is 11.2 Å². The normalized spacial score (nSPS) is 11.9. The number of aromatic nitrogens is 3. The predicted octanol–water partition coefficient (Wildman–Crippen LogP) is 5.17. The van der Waals surface area contributed by atoms with Gasteiger partial charge in [-0.05, 0) is 62.7 Å². The van der Waals surface area contributed by atoms with Gasteiger partial charge in [-0.1, -0.05) is 17.7 Å². The van der Waals surface area contributed by atoms with E-state index in [1.807, 2.05) is 6.92 Å². The Balaban J connectivity index is 1.87. The van der Waals surface area contributed by atoms with Crippen LogP contribution in [-0.4, -0.2) is 38.7 Å². The van der Waals surface area contributed by atoms with E-state index in [2.05, 4.69) is 20.3 Å². The highest BCUT2D eigenvalue weighted by Crippen LogP contribution is 2.37. The molecule has 1 heterocycles. The molecule has 0 radical (unpaired) electrons. The van der Waals surface area contributed by atoms with Gasteiger partial charge in [0.2, 0.25) is 5.91 Å². The molecule has 1 aromatic heterocycles. The van der Waals surface area contributed by atoms with Crippen LogP contribution in [0.4, 0.5) is 13.2 Å².